The van der Waals surface area contributed by atoms with Crippen LogP contribution in [-0.2, 0) is 11.3 Å². The molecule has 0 N–H and O–H groups in total. The Kier molecular flexibility index (Phi) is 4.75. The first kappa shape index (κ1) is 16.2. The Balaban J connectivity index is 1.35. The highest BCUT2D eigenvalue weighted by Gasteiger charge is 2.21. The average Bonchev–Trinajstić information content (AvgIpc) is 3.08. The molecule has 0 aromatic carbocycles. The summed E-state index contributed by atoms with van der Waals surface area (Å²) in [4.78, 5) is 16.0. The molecule has 0 atom stereocenters. The largest absolute Gasteiger partial charge is 0.424 e. The lowest BCUT2D eigenvalue weighted by Gasteiger charge is -2.35. The van der Waals surface area contributed by atoms with Crippen molar-refractivity contribution in [1.29, 1.82) is 0 Å². The van der Waals surface area contributed by atoms with E-state index < -0.39 is 0 Å². The molecule has 2 fully saturated rings. The van der Waals surface area contributed by atoms with Crippen molar-refractivity contribution in [2.45, 2.75) is 13.5 Å². The Morgan fingerprint density at radius 1 is 1.00 bits per heavy atom. The third-order valence-electron chi connectivity index (χ3n) is 4.55. The van der Waals surface area contributed by atoms with Gasteiger partial charge in [-0.1, -0.05) is 0 Å². The van der Waals surface area contributed by atoms with Crippen LogP contribution in [0.5, 0.6) is 0 Å². The summed E-state index contributed by atoms with van der Waals surface area (Å²) in [7, 11) is 0. The molecule has 2 aromatic rings. The van der Waals surface area contributed by atoms with Gasteiger partial charge in [0.1, 0.15) is 5.82 Å². The molecule has 0 aliphatic carbocycles. The molecule has 0 unspecified atom stereocenters. The maximum Gasteiger partial charge on any atom is 0.230 e. The van der Waals surface area contributed by atoms with Crippen molar-refractivity contribution in [2.75, 3.05) is 62.3 Å². The summed E-state index contributed by atoms with van der Waals surface area (Å²) < 4.78 is 10.9. The predicted octanol–water partition coefficient (Wildman–Crippen LogP) is 0.327. The molecule has 2 aliphatic heterocycles. The Morgan fingerprint density at radius 3 is 2.52 bits per heavy atom. The van der Waals surface area contributed by atoms with Gasteiger partial charge in [-0.15, -0.1) is 10.2 Å². The summed E-state index contributed by atoms with van der Waals surface area (Å²) in [5, 5.41) is 7.96. The highest BCUT2D eigenvalue weighted by molar-refractivity contribution is 5.44. The molecular weight excluding hydrogens is 322 g/mol. The molecular formula is C16H23N7O2. The highest BCUT2D eigenvalue weighted by Crippen LogP contribution is 2.18. The van der Waals surface area contributed by atoms with Crippen LogP contribution < -0.4 is 9.80 Å². The van der Waals surface area contributed by atoms with Crippen LogP contribution >= 0.6 is 0 Å². The quantitative estimate of drug-likeness (QED) is 0.778. The van der Waals surface area contributed by atoms with Gasteiger partial charge in [0.05, 0.1) is 19.8 Å². The number of piperazine rings is 1. The first-order chi connectivity index (χ1) is 12.3. The van der Waals surface area contributed by atoms with Crippen LogP contribution in [0.25, 0.3) is 0 Å². The van der Waals surface area contributed by atoms with Crippen LogP contribution in [0.3, 0.4) is 0 Å². The van der Waals surface area contributed by atoms with Crippen molar-refractivity contribution < 1.29 is 9.15 Å². The van der Waals surface area contributed by atoms with E-state index in [4.69, 9.17) is 14.1 Å². The predicted molar refractivity (Wildman–Crippen MR) is 91.6 cm³/mol. The minimum absolute atomic E-state index is 0.616. The second-order valence-electron chi connectivity index (χ2n) is 6.29. The number of anilines is 2. The molecule has 0 spiro atoms. The molecule has 2 aliphatic rings. The standard InChI is InChI=1S/C16H23N7O2/c1-13-19-20-15(25-13)12-21-4-6-22(7-5-21)14-2-3-17-16(18-14)23-8-10-24-11-9-23/h2-3H,4-12H2,1H3. The van der Waals surface area contributed by atoms with E-state index in [1.165, 1.54) is 0 Å². The third kappa shape index (κ3) is 3.88. The molecule has 134 valence electrons. The fraction of sp³-hybridized carbons (Fsp3) is 0.625. The second kappa shape index (κ2) is 7.32. The molecule has 2 aromatic heterocycles. The van der Waals surface area contributed by atoms with Gasteiger partial charge >= 0.3 is 0 Å². The van der Waals surface area contributed by atoms with Gasteiger partial charge in [0.25, 0.3) is 0 Å². The molecule has 0 radical (unpaired) electrons. The van der Waals surface area contributed by atoms with Crippen LogP contribution in [0.2, 0.25) is 0 Å². The van der Waals surface area contributed by atoms with Crippen molar-refractivity contribution in [3.8, 4) is 0 Å². The van der Waals surface area contributed by atoms with Crippen molar-refractivity contribution in [1.82, 2.24) is 25.1 Å². The topological polar surface area (TPSA) is 83.7 Å². The molecule has 4 heterocycles. The van der Waals surface area contributed by atoms with Crippen LogP contribution in [-0.4, -0.2) is 77.5 Å². The van der Waals surface area contributed by atoms with E-state index in [2.05, 4.69) is 29.9 Å². The maximum absolute atomic E-state index is 5.47. The summed E-state index contributed by atoms with van der Waals surface area (Å²) in [6.07, 6.45) is 1.85. The Bertz CT molecular complexity index is 693. The Labute approximate surface area is 146 Å². The molecule has 9 heteroatoms. The first-order valence-electron chi connectivity index (χ1n) is 8.70. The Morgan fingerprint density at radius 2 is 1.80 bits per heavy atom. The van der Waals surface area contributed by atoms with Crippen molar-refractivity contribution >= 4 is 11.8 Å². The average molecular weight is 345 g/mol. The van der Waals surface area contributed by atoms with E-state index in [1.807, 2.05) is 19.2 Å². The van der Waals surface area contributed by atoms with Crippen molar-refractivity contribution in [2.24, 2.45) is 0 Å². The van der Waals surface area contributed by atoms with Crippen molar-refractivity contribution in [3.63, 3.8) is 0 Å². The second-order valence-corrected chi connectivity index (χ2v) is 6.29. The molecule has 0 saturated carbocycles. The molecule has 9 nitrogen and oxygen atoms in total. The van der Waals surface area contributed by atoms with Crippen LogP contribution in [0.15, 0.2) is 16.7 Å². The maximum atomic E-state index is 5.47. The van der Waals surface area contributed by atoms with Crippen molar-refractivity contribution in [3.05, 3.63) is 24.0 Å². The van der Waals surface area contributed by atoms with E-state index in [0.29, 0.717) is 18.3 Å². The lowest BCUT2D eigenvalue weighted by atomic mass is 10.3. The van der Waals surface area contributed by atoms with Gasteiger partial charge in [-0.3, -0.25) is 4.90 Å². The van der Waals surface area contributed by atoms with E-state index in [1.54, 1.807) is 0 Å². The molecule has 25 heavy (non-hydrogen) atoms. The number of morpholine rings is 1. The number of aromatic nitrogens is 4. The zero-order valence-corrected chi connectivity index (χ0v) is 14.5. The van der Waals surface area contributed by atoms with E-state index in [0.717, 1.165) is 64.2 Å². The minimum atomic E-state index is 0.616. The number of nitrogens with zero attached hydrogens (tertiary/aromatic N) is 7. The van der Waals surface area contributed by atoms with E-state index >= 15 is 0 Å². The third-order valence-corrected chi connectivity index (χ3v) is 4.55. The monoisotopic (exact) mass is 345 g/mol. The fourth-order valence-corrected chi connectivity index (χ4v) is 3.16. The lowest BCUT2D eigenvalue weighted by Crippen LogP contribution is -2.46. The van der Waals surface area contributed by atoms with Gasteiger partial charge in [0.15, 0.2) is 0 Å². The number of rotatable bonds is 4. The van der Waals surface area contributed by atoms with E-state index in [9.17, 15) is 0 Å². The van der Waals surface area contributed by atoms with Gasteiger partial charge in [0.2, 0.25) is 17.7 Å². The Hall–Kier alpha value is -2.26. The minimum Gasteiger partial charge on any atom is -0.424 e. The summed E-state index contributed by atoms with van der Waals surface area (Å²) in [6, 6.07) is 1.99. The summed E-state index contributed by atoms with van der Waals surface area (Å²) in [5.74, 6) is 3.09. The van der Waals surface area contributed by atoms with Gasteiger partial charge in [-0.2, -0.15) is 4.98 Å². The normalized spacial score (nSPS) is 19.4. The zero-order valence-electron chi connectivity index (χ0n) is 14.5. The fourth-order valence-electron chi connectivity index (χ4n) is 3.16. The highest BCUT2D eigenvalue weighted by atomic mass is 16.5. The van der Waals surface area contributed by atoms with Gasteiger partial charge in [-0.05, 0) is 6.07 Å². The van der Waals surface area contributed by atoms with Gasteiger partial charge < -0.3 is 19.0 Å². The number of ether oxygens (including phenoxy) is 1. The van der Waals surface area contributed by atoms with E-state index in [-0.39, 0.29) is 0 Å². The summed E-state index contributed by atoms with van der Waals surface area (Å²) in [6.45, 7) is 9.42. The number of aryl methyl sites for hydroxylation is 1. The van der Waals surface area contributed by atoms with Crippen LogP contribution in [0.4, 0.5) is 11.8 Å². The SMILES string of the molecule is Cc1nnc(CN2CCN(c3ccnc(N4CCOCC4)n3)CC2)o1. The number of hydrogen-bond acceptors (Lipinski definition) is 9. The lowest BCUT2D eigenvalue weighted by molar-refractivity contribution is 0.122. The smallest absolute Gasteiger partial charge is 0.230 e. The molecule has 0 amide bonds. The first-order valence-corrected chi connectivity index (χ1v) is 8.70. The zero-order chi connectivity index (χ0) is 17.1. The molecule has 0 bridgehead atoms. The van der Waals surface area contributed by atoms with Gasteiger partial charge in [-0.25, -0.2) is 4.98 Å². The molecule has 4 rings (SSSR count). The van der Waals surface area contributed by atoms with Crippen LogP contribution in [0.1, 0.15) is 11.8 Å². The van der Waals surface area contributed by atoms with Gasteiger partial charge in [0, 0.05) is 52.4 Å². The van der Waals surface area contributed by atoms with Crippen LogP contribution in [0, 0.1) is 6.92 Å². The molecule has 2 saturated heterocycles. The summed E-state index contributed by atoms with van der Waals surface area (Å²) in [5.41, 5.74) is 0. The summed E-state index contributed by atoms with van der Waals surface area (Å²) >= 11 is 0. The number of hydrogen-bond donors (Lipinski definition) is 0.